The van der Waals surface area contributed by atoms with Crippen LogP contribution >= 0.6 is 11.3 Å². The van der Waals surface area contributed by atoms with Crippen molar-refractivity contribution in [3.63, 3.8) is 0 Å². The van der Waals surface area contributed by atoms with E-state index in [0.29, 0.717) is 5.69 Å². The van der Waals surface area contributed by atoms with Crippen molar-refractivity contribution in [1.82, 2.24) is 9.97 Å². The van der Waals surface area contributed by atoms with E-state index < -0.39 is 5.97 Å². The van der Waals surface area contributed by atoms with Crippen molar-refractivity contribution in [2.75, 3.05) is 7.11 Å². The molecule has 0 saturated carbocycles. The lowest BCUT2D eigenvalue weighted by Gasteiger charge is -1.96. The number of thiazole rings is 1. The molecular formula is C12H12N2O2S. The van der Waals surface area contributed by atoms with Crippen LogP contribution in [0.3, 0.4) is 0 Å². The molecule has 0 N–H and O–H groups in total. The summed E-state index contributed by atoms with van der Waals surface area (Å²) >= 11 is 1.45. The van der Waals surface area contributed by atoms with Crippen LogP contribution in [0.15, 0.2) is 18.2 Å². The summed E-state index contributed by atoms with van der Waals surface area (Å²) in [5.41, 5.74) is 2.08. The molecule has 2 aromatic rings. The number of rotatable bonds is 2. The molecule has 0 aliphatic heterocycles. The number of methoxy groups -OCH3 is 1. The molecule has 0 radical (unpaired) electrons. The van der Waals surface area contributed by atoms with Crippen molar-refractivity contribution in [2.24, 2.45) is 0 Å². The molecule has 0 amide bonds. The Kier molecular flexibility index (Phi) is 3.19. The van der Waals surface area contributed by atoms with Crippen molar-refractivity contribution >= 4 is 17.3 Å². The minimum Gasteiger partial charge on any atom is -0.464 e. The van der Waals surface area contributed by atoms with Crippen LogP contribution < -0.4 is 0 Å². The maximum absolute atomic E-state index is 11.4. The van der Waals surface area contributed by atoms with Crippen LogP contribution in [0.2, 0.25) is 0 Å². The summed E-state index contributed by atoms with van der Waals surface area (Å²) in [5, 5.41) is 0.742. The van der Waals surface area contributed by atoms with Crippen molar-refractivity contribution in [1.29, 1.82) is 0 Å². The molecule has 0 spiro atoms. The molecule has 0 unspecified atom stereocenters. The Labute approximate surface area is 103 Å². The summed E-state index contributed by atoms with van der Waals surface area (Å²) in [5.74, 6) is -0.405. The molecule has 2 aromatic heterocycles. The first-order valence-electron chi connectivity index (χ1n) is 5.11. The van der Waals surface area contributed by atoms with Gasteiger partial charge in [-0.05, 0) is 26.0 Å². The van der Waals surface area contributed by atoms with Crippen molar-refractivity contribution in [2.45, 2.75) is 13.8 Å². The van der Waals surface area contributed by atoms with Gasteiger partial charge < -0.3 is 4.74 Å². The fourth-order valence-corrected chi connectivity index (χ4v) is 2.33. The number of esters is 1. The fourth-order valence-electron chi connectivity index (χ4n) is 1.45. The smallest absolute Gasteiger partial charge is 0.357 e. The second-order valence-corrected chi connectivity index (χ2v) is 4.78. The van der Waals surface area contributed by atoms with Crippen LogP contribution in [-0.2, 0) is 4.74 Å². The third kappa shape index (κ3) is 2.34. The van der Waals surface area contributed by atoms with E-state index in [0.717, 1.165) is 21.3 Å². The van der Waals surface area contributed by atoms with Crippen LogP contribution in [0.5, 0.6) is 0 Å². The van der Waals surface area contributed by atoms with E-state index in [1.807, 2.05) is 32.0 Å². The summed E-state index contributed by atoms with van der Waals surface area (Å²) < 4.78 is 4.67. The van der Waals surface area contributed by atoms with E-state index in [1.54, 1.807) is 0 Å². The number of carbonyl (C=O) groups excluding carboxylic acids is 1. The Morgan fingerprint density at radius 2 is 2.06 bits per heavy atom. The highest BCUT2D eigenvalue weighted by atomic mass is 32.1. The zero-order valence-electron chi connectivity index (χ0n) is 9.85. The highest BCUT2D eigenvalue weighted by Crippen LogP contribution is 2.26. The van der Waals surface area contributed by atoms with Gasteiger partial charge in [0.25, 0.3) is 0 Å². The highest BCUT2D eigenvalue weighted by molar-refractivity contribution is 7.15. The molecular weight excluding hydrogens is 236 g/mol. The summed E-state index contributed by atoms with van der Waals surface area (Å²) in [6.07, 6.45) is 0. The van der Waals surface area contributed by atoms with Crippen molar-refractivity contribution in [3.05, 3.63) is 34.5 Å². The van der Waals surface area contributed by atoms with Gasteiger partial charge >= 0.3 is 5.97 Å². The van der Waals surface area contributed by atoms with Gasteiger partial charge in [0.05, 0.1) is 12.8 Å². The quantitative estimate of drug-likeness (QED) is 0.766. The Hall–Kier alpha value is -1.75. The molecule has 4 nitrogen and oxygen atoms in total. The SMILES string of the molecule is COC(=O)c1nc(-c2cccc(C)n2)sc1C. The molecule has 0 aromatic carbocycles. The van der Waals surface area contributed by atoms with Gasteiger partial charge in [-0.3, -0.25) is 4.98 Å². The lowest BCUT2D eigenvalue weighted by Crippen LogP contribution is -2.03. The molecule has 2 heterocycles. The highest BCUT2D eigenvalue weighted by Gasteiger charge is 2.17. The van der Waals surface area contributed by atoms with Gasteiger partial charge in [0.15, 0.2) is 5.69 Å². The summed E-state index contributed by atoms with van der Waals surface area (Å²) in [4.78, 5) is 20.9. The van der Waals surface area contributed by atoms with E-state index in [9.17, 15) is 4.79 Å². The van der Waals surface area contributed by atoms with E-state index in [2.05, 4.69) is 14.7 Å². The third-order valence-electron chi connectivity index (χ3n) is 2.28. The largest absolute Gasteiger partial charge is 0.464 e. The van der Waals surface area contributed by atoms with Crippen LogP contribution in [0.4, 0.5) is 0 Å². The molecule has 0 bridgehead atoms. The molecule has 0 saturated heterocycles. The molecule has 88 valence electrons. The van der Waals surface area contributed by atoms with Gasteiger partial charge in [-0.2, -0.15) is 0 Å². The molecule has 0 atom stereocenters. The topological polar surface area (TPSA) is 52.1 Å². The van der Waals surface area contributed by atoms with Crippen LogP contribution in [0.1, 0.15) is 21.1 Å². The number of aryl methyl sites for hydroxylation is 2. The number of hydrogen-bond acceptors (Lipinski definition) is 5. The first-order chi connectivity index (χ1) is 8.11. The number of ether oxygens (including phenoxy) is 1. The standard InChI is InChI=1S/C12H12N2O2S/c1-7-5-4-6-9(13-7)11-14-10(8(2)17-11)12(15)16-3/h4-6H,1-3H3. The molecule has 17 heavy (non-hydrogen) atoms. The predicted molar refractivity (Wildman–Crippen MR) is 66.2 cm³/mol. The Morgan fingerprint density at radius 3 is 2.71 bits per heavy atom. The predicted octanol–water partition coefficient (Wildman–Crippen LogP) is 2.61. The zero-order valence-corrected chi connectivity index (χ0v) is 10.7. The maximum atomic E-state index is 11.4. The molecule has 2 rings (SSSR count). The maximum Gasteiger partial charge on any atom is 0.357 e. The first kappa shape index (κ1) is 11.7. The van der Waals surface area contributed by atoms with Crippen molar-refractivity contribution < 1.29 is 9.53 Å². The summed E-state index contributed by atoms with van der Waals surface area (Å²) in [6, 6.07) is 5.73. The van der Waals surface area contributed by atoms with E-state index in [4.69, 9.17) is 0 Å². The van der Waals surface area contributed by atoms with E-state index in [-0.39, 0.29) is 0 Å². The van der Waals surface area contributed by atoms with E-state index >= 15 is 0 Å². The summed E-state index contributed by atoms with van der Waals surface area (Å²) in [6.45, 7) is 3.77. The lowest BCUT2D eigenvalue weighted by molar-refractivity contribution is 0.0594. The first-order valence-corrected chi connectivity index (χ1v) is 5.93. The van der Waals surface area contributed by atoms with Gasteiger partial charge in [-0.15, -0.1) is 11.3 Å². The average molecular weight is 248 g/mol. The Bertz CT molecular complexity index is 563. The van der Waals surface area contributed by atoms with Crippen LogP contribution in [0, 0.1) is 13.8 Å². The minimum atomic E-state index is -0.405. The molecule has 0 fully saturated rings. The van der Waals surface area contributed by atoms with Gasteiger partial charge in [0.2, 0.25) is 0 Å². The summed E-state index contributed by atoms with van der Waals surface area (Å²) in [7, 11) is 1.35. The van der Waals surface area contributed by atoms with Crippen LogP contribution in [0.25, 0.3) is 10.7 Å². The Balaban J connectivity index is 2.44. The minimum absolute atomic E-state index is 0.371. The van der Waals surface area contributed by atoms with Gasteiger partial charge in [0.1, 0.15) is 5.01 Å². The molecule has 5 heteroatoms. The third-order valence-corrected chi connectivity index (χ3v) is 3.28. The van der Waals surface area contributed by atoms with Crippen LogP contribution in [-0.4, -0.2) is 23.0 Å². The average Bonchev–Trinajstić information content (AvgIpc) is 2.70. The van der Waals surface area contributed by atoms with E-state index in [1.165, 1.54) is 18.4 Å². The number of hydrogen-bond donors (Lipinski definition) is 0. The lowest BCUT2D eigenvalue weighted by atomic mass is 10.3. The number of aromatic nitrogens is 2. The monoisotopic (exact) mass is 248 g/mol. The van der Waals surface area contributed by atoms with Gasteiger partial charge in [-0.25, -0.2) is 9.78 Å². The van der Waals surface area contributed by atoms with Gasteiger partial charge in [-0.1, -0.05) is 6.07 Å². The zero-order chi connectivity index (χ0) is 12.4. The molecule has 0 aliphatic carbocycles. The second-order valence-electron chi connectivity index (χ2n) is 3.58. The fraction of sp³-hybridized carbons (Fsp3) is 0.250. The normalized spacial score (nSPS) is 10.3. The number of pyridine rings is 1. The second kappa shape index (κ2) is 4.63. The number of nitrogens with zero attached hydrogens (tertiary/aromatic N) is 2. The molecule has 0 aliphatic rings. The number of carbonyl (C=O) groups is 1. The Morgan fingerprint density at radius 1 is 1.29 bits per heavy atom. The van der Waals surface area contributed by atoms with Crippen molar-refractivity contribution in [3.8, 4) is 10.7 Å². The van der Waals surface area contributed by atoms with Gasteiger partial charge in [0, 0.05) is 10.6 Å².